The third-order valence-electron chi connectivity index (χ3n) is 3.59. The molecule has 0 aliphatic heterocycles. The molecule has 2 aromatic rings. The van der Waals surface area contributed by atoms with Crippen molar-refractivity contribution in [2.24, 2.45) is 0 Å². The van der Waals surface area contributed by atoms with Crippen LogP contribution in [-0.2, 0) is 27.5 Å². The quantitative estimate of drug-likeness (QED) is 0.752. The minimum Gasteiger partial charge on any atom is -0.325 e. The second-order valence-corrected chi connectivity index (χ2v) is 7.73. The Morgan fingerprint density at radius 1 is 1.07 bits per heavy atom. The molecule has 1 N–H and O–H groups in total. The summed E-state index contributed by atoms with van der Waals surface area (Å²) in [5, 5.41) is 2.32. The van der Waals surface area contributed by atoms with E-state index in [1.54, 1.807) is 0 Å². The molecule has 2 rings (SSSR count). The zero-order valence-electron chi connectivity index (χ0n) is 14.1. The summed E-state index contributed by atoms with van der Waals surface area (Å²) in [4.78, 5) is 12.1. The van der Waals surface area contributed by atoms with Crippen molar-refractivity contribution in [3.8, 4) is 0 Å². The van der Waals surface area contributed by atoms with Crippen molar-refractivity contribution in [2.45, 2.75) is 12.7 Å². The lowest BCUT2D eigenvalue weighted by molar-refractivity contribution is -0.137. The first-order valence-corrected chi connectivity index (χ1v) is 9.47. The first-order chi connectivity index (χ1) is 12.5. The van der Waals surface area contributed by atoms with Crippen LogP contribution in [0.15, 0.2) is 48.5 Å². The summed E-state index contributed by atoms with van der Waals surface area (Å²) in [7, 11) is -3.84. The highest BCUT2D eigenvalue weighted by Gasteiger charge is 2.30. The lowest BCUT2D eigenvalue weighted by Crippen LogP contribution is -2.37. The van der Waals surface area contributed by atoms with Crippen molar-refractivity contribution in [3.05, 3.63) is 65.5 Å². The van der Waals surface area contributed by atoms with Crippen LogP contribution in [0.2, 0.25) is 0 Å². The lowest BCUT2D eigenvalue weighted by Gasteiger charge is -2.20. The van der Waals surface area contributed by atoms with Gasteiger partial charge in [0.05, 0.1) is 18.4 Å². The molecule has 2 aromatic carbocycles. The van der Waals surface area contributed by atoms with Crippen LogP contribution in [0.5, 0.6) is 0 Å². The van der Waals surface area contributed by atoms with E-state index in [1.165, 1.54) is 18.2 Å². The van der Waals surface area contributed by atoms with Gasteiger partial charge in [0.2, 0.25) is 15.9 Å². The predicted octanol–water partition coefficient (Wildman–Crippen LogP) is 3.24. The van der Waals surface area contributed by atoms with Crippen molar-refractivity contribution in [2.75, 3.05) is 18.1 Å². The van der Waals surface area contributed by atoms with Gasteiger partial charge >= 0.3 is 6.18 Å². The average Bonchev–Trinajstić information content (AvgIpc) is 2.55. The van der Waals surface area contributed by atoms with Gasteiger partial charge in [-0.2, -0.15) is 17.5 Å². The molecule has 0 atom stereocenters. The number of alkyl halides is 3. The van der Waals surface area contributed by atoms with E-state index < -0.39 is 40.0 Å². The molecule has 0 heterocycles. The summed E-state index contributed by atoms with van der Waals surface area (Å²) in [6.45, 7) is -0.972. The third kappa shape index (κ3) is 6.04. The van der Waals surface area contributed by atoms with Crippen LogP contribution >= 0.6 is 0 Å². The molecule has 1 amide bonds. The number of rotatable bonds is 6. The van der Waals surface area contributed by atoms with Crippen molar-refractivity contribution < 1.29 is 30.8 Å². The number of nitrogens with zero attached hydrogens (tertiary/aromatic N) is 1. The van der Waals surface area contributed by atoms with Gasteiger partial charge in [-0.15, -0.1) is 0 Å². The van der Waals surface area contributed by atoms with Gasteiger partial charge in [0.1, 0.15) is 5.82 Å². The Hall–Kier alpha value is -2.46. The molecular formula is C17H16F4N2O3S. The largest absolute Gasteiger partial charge is 0.416 e. The Labute approximate surface area is 153 Å². The number of hydrogen-bond acceptors (Lipinski definition) is 3. The minimum atomic E-state index is -4.50. The number of halogens is 4. The number of amides is 1. The maximum atomic E-state index is 13.7. The van der Waals surface area contributed by atoms with Crippen molar-refractivity contribution >= 4 is 21.6 Å². The molecule has 0 saturated heterocycles. The summed E-state index contributed by atoms with van der Waals surface area (Å²) < 4.78 is 75.9. The molecule has 0 fully saturated rings. The minimum absolute atomic E-state index is 0.0762. The molecule has 0 unspecified atom stereocenters. The van der Waals surface area contributed by atoms with Crippen LogP contribution in [0.25, 0.3) is 0 Å². The van der Waals surface area contributed by atoms with Gasteiger partial charge in [0.15, 0.2) is 0 Å². The van der Waals surface area contributed by atoms with Gasteiger partial charge in [0.25, 0.3) is 0 Å². The lowest BCUT2D eigenvalue weighted by atomic mass is 10.2. The first kappa shape index (κ1) is 20.8. The highest BCUT2D eigenvalue weighted by Crippen LogP contribution is 2.29. The zero-order valence-corrected chi connectivity index (χ0v) is 14.9. The van der Waals surface area contributed by atoms with E-state index in [0.717, 1.165) is 40.9 Å². The predicted molar refractivity (Wildman–Crippen MR) is 91.7 cm³/mol. The second kappa shape index (κ2) is 8.05. The molecule has 0 aliphatic carbocycles. The summed E-state index contributed by atoms with van der Waals surface area (Å²) in [6.07, 6.45) is -3.63. The Bertz CT molecular complexity index is 913. The molecular weight excluding hydrogens is 388 g/mol. The van der Waals surface area contributed by atoms with Crippen molar-refractivity contribution in [3.63, 3.8) is 0 Å². The van der Waals surface area contributed by atoms with E-state index in [1.807, 2.05) is 0 Å². The number of anilines is 1. The average molecular weight is 404 g/mol. The molecule has 0 aliphatic rings. The van der Waals surface area contributed by atoms with Crippen LogP contribution in [0.4, 0.5) is 23.2 Å². The normalized spacial score (nSPS) is 12.2. The maximum absolute atomic E-state index is 13.7. The molecule has 5 nitrogen and oxygen atoms in total. The Balaban J connectivity index is 2.09. The maximum Gasteiger partial charge on any atom is 0.416 e. The molecule has 0 bridgehead atoms. The van der Waals surface area contributed by atoms with Crippen LogP contribution in [0.3, 0.4) is 0 Å². The van der Waals surface area contributed by atoms with Gasteiger partial charge in [-0.25, -0.2) is 12.8 Å². The van der Waals surface area contributed by atoms with E-state index in [0.29, 0.717) is 0 Å². The summed E-state index contributed by atoms with van der Waals surface area (Å²) in [5.74, 6) is -1.38. The van der Waals surface area contributed by atoms with E-state index in [-0.39, 0.29) is 17.8 Å². The Morgan fingerprint density at radius 2 is 1.67 bits per heavy atom. The molecule has 0 saturated carbocycles. The highest BCUT2D eigenvalue weighted by molar-refractivity contribution is 7.88. The van der Waals surface area contributed by atoms with Crippen LogP contribution < -0.4 is 5.32 Å². The molecule has 146 valence electrons. The molecule has 27 heavy (non-hydrogen) atoms. The molecule has 0 aromatic heterocycles. The topological polar surface area (TPSA) is 66.5 Å². The Kier molecular flexibility index (Phi) is 6.22. The van der Waals surface area contributed by atoms with Gasteiger partial charge in [-0.1, -0.05) is 18.2 Å². The fourth-order valence-corrected chi connectivity index (χ4v) is 2.94. The van der Waals surface area contributed by atoms with E-state index in [9.17, 15) is 30.8 Å². The van der Waals surface area contributed by atoms with E-state index >= 15 is 0 Å². The zero-order chi connectivity index (χ0) is 20.2. The first-order valence-electron chi connectivity index (χ1n) is 7.62. The SMILES string of the molecule is CS(=O)(=O)N(CC(=O)Nc1ccc(C(F)(F)F)cc1)Cc1ccccc1F. The van der Waals surface area contributed by atoms with Crippen molar-refractivity contribution in [1.29, 1.82) is 0 Å². The van der Waals surface area contributed by atoms with Gasteiger partial charge in [-0.3, -0.25) is 4.79 Å². The molecule has 0 spiro atoms. The van der Waals surface area contributed by atoms with Crippen molar-refractivity contribution in [1.82, 2.24) is 4.31 Å². The molecule has 0 radical (unpaired) electrons. The number of benzene rings is 2. The van der Waals surface area contributed by atoms with Gasteiger partial charge in [0, 0.05) is 17.8 Å². The molecule has 10 heteroatoms. The summed E-state index contributed by atoms with van der Waals surface area (Å²) >= 11 is 0. The third-order valence-corrected chi connectivity index (χ3v) is 4.79. The summed E-state index contributed by atoms with van der Waals surface area (Å²) in [5.41, 5.74) is -0.713. The van der Waals surface area contributed by atoms with E-state index in [2.05, 4.69) is 5.32 Å². The van der Waals surface area contributed by atoms with Crippen LogP contribution in [0.1, 0.15) is 11.1 Å². The standard InChI is InChI=1S/C17H16F4N2O3S/c1-27(25,26)23(10-12-4-2-3-5-15(12)18)11-16(24)22-14-8-6-13(7-9-14)17(19,20)21/h2-9H,10-11H2,1H3,(H,22,24). The monoisotopic (exact) mass is 404 g/mol. The number of sulfonamides is 1. The number of hydrogen-bond donors (Lipinski definition) is 1. The van der Waals surface area contributed by atoms with E-state index in [4.69, 9.17) is 0 Å². The smallest absolute Gasteiger partial charge is 0.325 e. The Morgan fingerprint density at radius 3 is 2.19 bits per heavy atom. The van der Waals surface area contributed by atoms with Crippen LogP contribution in [-0.4, -0.2) is 31.4 Å². The number of carbonyl (C=O) groups is 1. The number of nitrogens with one attached hydrogen (secondary N) is 1. The fourth-order valence-electron chi connectivity index (χ4n) is 2.21. The second-order valence-electron chi connectivity index (χ2n) is 5.75. The summed E-state index contributed by atoms with van der Waals surface area (Å²) in [6, 6.07) is 9.23. The highest BCUT2D eigenvalue weighted by atomic mass is 32.2. The van der Waals surface area contributed by atoms with Crippen LogP contribution in [0, 0.1) is 5.82 Å². The number of carbonyl (C=O) groups excluding carboxylic acids is 1. The fraction of sp³-hybridized carbons (Fsp3) is 0.235. The van der Waals surface area contributed by atoms with Gasteiger partial charge < -0.3 is 5.32 Å². The van der Waals surface area contributed by atoms with Gasteiger partial charge in [-0.05, 0) is 30.3 Å².